The molecule has 0 aliphatic heterocycles. The molecule has 0 aliphatic rings. The lowest BCUT2D eigenvalue weighted by Crippen LogP contribution is -2.19. The molecule has 2 aromatic carbocycles. The number of para-hydroxylation sites is 1. The zero-order valence-corrected chi connectivity index (χ0v) is 15.2. The van der Waals surface area contributed by atoms with Gasteiger partial charge in [0, 0.05) is 35.1 Å². The number of aromatic amines is 1. The van der Waals surface area contributed by atoms with Crippen molar-refractivity contribution in [3.05, 3.63) is 89.9 Å². The number of hydrogen-bond donors (Lipinski definition) is 3. The SMILES string of the molecule is Cc1cccc(C(=O)Nc2cccc3[nH]ccc23)c1NC(=O)c1ccncc1. The highest BCUT2D eigenvalue weighted by molar-refractivity contribution is 6.14. The van der Waals surface area contributed by atoms with Gasteiger partial charge in [-0.25, -0.2) is 0 Å². The van der Waals surface area contributed by atoms with Crippen LogP contribution in [0.15, 0.2) is 73.2 Å². The Morgan fingerprint density at radius 1 is 0.893 bits per heavy atom. The van der Waals surface area contributed by atoms with Crippen molar-refractivity contribution in [1.82, 2.24) is 9.97 Å². The molecule has 28 heavy (non-hydrogen) atoms. The van der Waals surface area contributed by atoms with Crippen molar-refractivity contribution in [3.63, 3.8) is 0 Å². The van der Waals surface area contributed by atoms with Crippen molar-refractivity contribution in [2.24, 2.45) is 0 Å². The molecule has 0 atom stereocenters. The van der Waals surface area contributed by atoms with E-state index >= 15 is 0 Å². The van der Waals surface area contributed by atoms with E-state index in [9.17, 15) is 9.59 Å². The van der Waals surface area contributed by atoms with E-state index < -0.39 is 0 Å². The number of rotatable bonds is 4. The van der Waals surface area contributed by atoms with E-state index in [2.05, 4.69) is 20.6 Å². The Kier molecular flexibility index (Phi) is 4.60. The molecule has 0 fully saturated rings. The molecule has 138 valence electrons. The summed E-state index contributed by atoms with van der Waals surface area (Å²) in [6.45, 7) is 1.85. The Bertz CT molecular complexity index is 1170. The Balaban J connectivity index is 1.64. The number of benzene rings is 2. The van der Waals surface area contributed by atoms with Crippen molar-refractivity contribution in [2.45, 2.75) is 6.92 Å². The number of pyridine rings is 1. The average Bonchev–Trinajstić information content (AvgIpc) is 3.20. The van der Waals surface area contributed by atoms with Crippen LogP contribution in [-0.4, -0.2) is 21.8 Å². The van der Waals surface area contributed by atoms with Crippen LogP contribution >= 0.6 is 0 Å². The Hall–Kier alpha value is -3.93. The van der Waals surface area contributed by atoms with Crippen molar-refractivity contribution in [1.29, 1.82) is 0 Å². The monoisotopic (exact) mass is 370 g/mol. The van der Waals surface area contributed by atoms with Gasteiger partial charge in [0.2, 0.25) is 0 Å². The van der Waals surface area contributed by atoms with Crippen LogP contribution in [0.4, 0.5) is 11.4 Å². The molecule has 0 saturated carbocycles. The highest BCUT2D eigenvalue weighted by Gasteiger charge is 2.17. The summed E-state index contributed by atoms with van der Waals surface area (Å²) in [6, 6.07) is 16.2. The van der Waals surface area contributed by atoms with Gasteiger partial charge in [0.25, 0.3) is 11.8 Å². The standard InChI is InChI=1S/C22H18N4O2/c1-14-4-2-5-17(20(14)26-21(27)15-8-11-23-12-9-15)22(28)25-19-7-3-6-18-16(19)10-13-24-18/h2-13,24H,1H3,(H,25,28)(H,26,27). The number of aryl methyl sites for hydroxylation is 1. The molecule has 2 aromatic heterocycles. The normalized spacial score (nSPS) is 10.6. The van der Waals surface area contributed by atoms with Crippen LogP contribution in [0.3, 0.4) is 0 Å². The summed E-state index contributed by atoms with van der Waals surface area (Å²) in [4.78, 5) is 32.6. The highest BCUT2D eigenvalue weighted by Crippen LogP contribution is 2.26. The second-order valence-electron chi connectivity index (χ2n) is 6.39. The van der Waals surface area contributed by atoms with Gasteiger partial charge in [0.05, 0.1) is 16.9 Å². The number of amides is 2. The van der Waals surface area contributed by atoms with Gasteiger partial charge in [0.1, 0.15) is 0 Å². The third-order valence-corrected chi connectivity index (χ3v) is 4.54. The summed E-state index contributed by atoms with van der Waals surface area (Å²) < 4.78 is 0. The van der Waals surface area contributed by atoms with Gasteiger partial charge in [-0.1, -0.05) is 18.2 Å². The lowest BCUT2D eigenvalue weighted by molar-refractivity contribution is 0.102. The van der Waals surface area contributed by atoms with Crippen molar-refractivity contribution in [2.75, 3.05) is 10.6 Å². The van der Waals surface area contributed by atoms with Crippen LogP contribution in [0.5, 0.6) is 0 Å². The molecule has 2 heterocycles. The average molecular weight is 370 g/mol. The molecule has 0 unspecified atom stereocenters. The number of fused-ring (bicyclic) bond motifs is 1. The molecule has 6 nitrogen and oxygen atoms in total. The molecule has 4 aromatic rings. The first-order valence-corrected chi connectivity index (χ1v) is 8.82. The molecule has 0 radical (unpaired) electrons. The number of carbonyl (C=O) groups excluding carboxylic acids is 2. The Labute approximate surface area is 161 Å². The quantitative estimate of drug-likeness (QED) is 0.498. The minimum atomic E-state index is -0.293. The number of aromatic nitrogens is 2. The van der Waals surface area contributed by atoms with E-state index in [1.54, 1.807) is 36.7 Å². The number of hydrogen-bond acceptors (Lipinski definition) is 3. The van der Waals surface area contributed by atoms with Gasteiger partial charge in [-0.3, -0.25) is 14.6 Å². The highest BCUT2D eigenvalue weighted by atomic mass is 16.2. The maximum absolute atomic E-state index is 13.0. The summed E-state index contributed by atoms with van der Waals surface area (Å²) in [5.41, 5.74) is 3.81. The van der Waals surface area contributed by atoms with E-state index in [0.29, 0.717) is 22.5 Å². The maximum atomic E-state index is 13.0. The zero-order valence-electron chi connectivity index (χ0n) is 15.2. The van der Waals surface area contributed by atoms with E-state index in [1.165, 1.54) is 0 Å². The predicted molar refractivity (Wildman–Crippen MR) is 110 cm³/mol. The van der Waals surface area contributed by atoms with Crippen molar-refractivity contribution >= 4 is 34.1 Å². The molecule has 0 spiro atoms. The molecule has 4 rings (SSSR count). The minimum absolute atomic E-state index is 0.289. The van der Waals surface area contributed by atoms with E-state index in [1.807, 2.05) is 43.5 Å². The van der Waals surface area contributed by atoms with Crippen molar-refractivity contribution in [3.8, 4) is 0 Å². The van der Waals surface area contributed by atoms with Gasteiger partial charge in [-0.2, -0.15) is 0 Å². The number of nitrogens with one attached hydrogen (secondary N) is 3. The number of H-pyrrole nitrogens is 1. The van der Waals surface area contributed by atoms with Gasteiger partial charge in [-0.05, 0) is 48.9 Å². The first-order valence-electron chi connectivity index (χ1n) is 8.82. The summed E-state index contributed by atoms with van der Waals surface area (Å²) >= 11 is 0. The summed E-state index contributed by atoms with van der Waals surface area (Å²) in [5, 5.41) is 6.73. The number of nitrogens with zero attached hydrogens (tertiary/aromatic N) is 1. The Morgan fingerprint density at radius 3 is 2.50 bits per heavy atom. The second-order valence-corrected chi connectivity index (χ2v) is 6.39. The second kappa shape index (κ2) is 7.36. The van der Waals surface area contributed by atoms with Gasteiger partial charge in [-0.15, -0.1) is 0 Å². The van der Waals surface area contributed by atoms with Gasteiger partial charge >= 0.3 is 0 Å². The van der Waals surface area contributed by atoms with Gasteiger partial charge in [0.15, 0.2) is 0 Å². The third kappa shape index (κ3) is 3.35. The van der Waals surface area contributed by atoms with Crippen LogP contribution in [0.1, 0.15) is 26.3 Å². The lowest BCUT2D eigenvalue weighted by atomic mass is 10.1. The van der Waals surface area contributed by atoms with Gasteiger partial charge < -0.3 is 15.6 Å². The smallest absolute Gasteiger partial charge is 0.257 e. The maximum Gasteiger partial charge on any atom is 0.257 e. The van der Waals surface area contributed by atoms with Crippen LogP contribution in [0.2, 0.25) is 0 Å². The fraction of sp³-hybridized carbons (Fsp3) is 0.0455. The third-order valence-electron chi connectivity index (χ3n) is 4.54. The van der Waals surface area contributed by atoms with Crippen LogP contribution < -0.4 is 10.6 Å². The van der Waals surface area contributed by atoms with Crippen LogP contribution in [-0.2, 0) is 0 Å². The zero-order chi connectivity index (χ0) is 19.5. The number of carbonyl (C=O) groups is 2. The Morgan fingerprint density at radius 2 is 1.68 bits per heavy atom. The minimum Gasteiger partial charge on any atom is -0.361 e. The van der Waals surface area contributed by atoms with E-state index in [-0.39, 0.29) is 11.8 Å². The summed E-state index contributed by atoms with van der Waals surface area (Å²) in [6.07, 6.45) is 4.93. The fourth-order valence-corrected chi connectivity index (χ4v) is 3.10. The number of anilines is 2. The largest absolute Gasteiger partial charge is 0.361 e. The molecule has 0 saturated heterocycles. The van der Waals surface area contributed by atoms with Crippen LogP contribution in [0.25, 0.3) is 10.9 Å². The van der Waals surface area contributed by atoms with E-state index in [4.69, 9.17) is 0 Å². The first-order chi connectivity index (χ1) is 13.6. The van der Waals surface area contributed by atoms with E-state index in [0.717, 1.165) is 16.5 Å². The predicted octanol–water partition coefficient (Wildman–Crippen LogP) is 4.38. The topological polar surface area (TPSA) is 86.9 Å². The molecule has 0 aliphatic carbocycles. The van der Waals surface area contributed by atoms with Crippen LogP contribution in [0, 0.1) is 6.92 Å². The fourth-order valence-electron chi connectivity index (χ4n) is 3.10. The summed E-state index contributed by atoms with van der Waals surface area (Å²) in [7, 11) is 0. The summed E-state index contributed by atoms with van der Waals surface area (Å²) in [5.74, 6) is -0.582. The first kappa shape index (κ1) is 17.5. The molecular formula is C22H18N4O2. The molecular weight excluding hydrogens is 352 g/mol. The molecule has 2 amide bonds. The molecule has 0 bridgehead atoms. The lowest BCUT2D eigenvalue weighted by Gasteiger charge is -2.14. The molecule has 6 heteroatoms. The molecule has 3 N–H and O–H groups in total. The van der Waals surface area contributed by atoms with Crippen molar-refractivity contribution < 1.29 is 9.59 Å².